The van der Waals surface area contributed by atoms with Crippen LogP contribution >= 0.6 is 12.4 Å². The van der Waals surface area contributed by atoms with Crippen molar-refractivity contribution in [3.63, 3.8) is 0 Å². The van der Waals surface area contributed by atoms with E-state index in [1.807, 2.05) is 24.3 Å². The lowest BCUT2D eigenvalue weighted by Gasteiger charge is -2.00. The lowest BCUT2D eigenvalue weighted by Crippen LogP contribution is -1.90. The average molecular weight is 211 g/mol. The van der Waals surface area contributed by atoms with Gasteiger partial charge in [-0.25, -0.2) is 4.98 Å². The van der Waals surface area contributed by atoms with Crippen LogP contribution in [0.25, 0.3) is 11.3 Å². The van der Waals surface area contributed by atoms with Gasteiger partial charge in [-0.2, -0.15) is 0 Å². The summed E-state index contributed by atoms with van der Waals surface area (Å²) in [6.07, 6.45) is 1.67. The lowest BCUT2D eigenvalue weighted by atomic mass is 10.1. The fourth-order valence-corrected chi connectivity index (χ4v) is 1.22. The molecule has 0 fully saturated rings. The highest BCUT2D eigenvalue weighted by molar-refractivity contribution is 5.85. The van der Waals surface area contributed by atoms with Crippen molar-refractivity contribution in [3.05, 3.63) is 30.5 Å². The van der Waals surface area contributed by atoms with Gasteiger partial charge in [-0.3, -0.25) is 0 Å². The first-order chi connectivity index (χ1) is 6.27. The van der Waals surface area contributed by atoms with E-state index in [-0.39, 0.29) is 12.4 Å². The van der Waals surface area contributed by atoms with Gasteiger partial charge < -0.3 is 16.5 Å². The van der Waals surface area contributed by atoms with Gasteiger partial charge in [-0.15, -0.1) is 12.4 Å². The van der Waals surface area contributed by atoms with Crippen LogP contribution in [0.4, 0.5) is 11.6 Å². The molecule has 0 aliphatic rings. The molecule has 0 bridgehead atoms. The van der Waals surface area contributed by atoms with Crippen LogP contribution in [-0.2, 0) is 0 Å². The van der Waals surface area contributed by atoms with Gasteiger partial charge in [-0.05, 0) is 6.07 Å². The quantitative estimate of drug-likeness (QED) is 0.627. The molecule has 5 N–H and O–H groups in total. The van der Waals surface area contributed by atoms with E-state index in [1.165, 1.54) is 0 Å². The van der Waals surface area contributed by atoms with Crippen molar-refractivity contribution in [1.82, 2.24) is 9.97 Å². The first-order valence-electron chi connectivity index (χ1n) is 3.93. The third-order valence-electron chi connectivity index (χ3n) is 1.85. The van der Waals surface area contributed by atoms with Crippen LogP contribution in [0, 0.1) is 0 Å². The normalized spacial score (nSPS) is 9.43. The molecule has 2 rings (SSSR count). The predicted molar refractivity (Wildman–Crippen MR) is 60.1 cm³/mol. The zero-order valence-electron chi connectivity index (χ0n) is 7.40. The number of anilines is 2. The van der Waals surface area contributed by atoms with Crippen LogP contribution in [0.15, 0.2) is 30.5 Å². The number of nitrogens with one attached hydrogen (secondary N) is 1. The molecule has 0 aliphatic carbocycles. The lowest BCUT2D eigenvalue weighted by molar-refractivity contribution is 1.33. The average Bonchev–Trinajstić information content (AvgIpc) is 2.53. The molecule has 1 aromatic heterocycles. The molecule has 0 aliphatic heterocycles. The SMILES string of the molecule is Cl.Nc1ncc(-c2ccccc2N)[nH]1. The Morgan fingerprint density at radius 3 is 2.43 bits per heavy atom. The summed E-state index contributed by atoms with van der Waals surface area (Å²) in [7, 11) is 0. The number of hydrogen-bond acceptors (Lipinski definition) is 3. The van der Waals surface area contributed by atoms with E-state index in [0.717, 1.165) is 11.3 Å². The van der Waals surface area contributed by atoms with E-state index < -0.39 is 0 Å². The molecule has 0 unspecified atom stereocenters. The second-order valence-electron chi connectivity index (χ2n) is 2.77. The number of halogens is 1. The second-order valence-corrected chi connectivity index (χ2v) is 2.77. The fraction of sp³-hybridized carbons (Fsp3) is 0. The Bertz CT molecular complexity index is 424. The van der Waals surface area contributed by atoms with Crippen LogP contribution in [0.5, 0.6) is 0 Å². The number of aromatic nitrogens is 2. The Morgan fingerprint density at radius 1 is 1.14 bits per heavy atom. The van der Waals surface area contributed by atoms with E-state index in [9.17, 15) is 0 Å². The maximum atomic E-state index is 5.77. The van der Waals surface area contributed by atoms with Gasteiger partial charge >= 0.3 is 0 Å². The molecular formula is C9H11ClN4. The minimum atomic E-state index is 0. The van der Waals surface area contributed by atoms with Crippen molar-refractivity contribution < 1.29 is 0 Å². The van der Waals surface area contributed by atoms with Crippen LogP contribution < -0.4 is 11.5 Å². The van der Waals surface area contributed by atoms with Crippen molar-refractivity contribution >= 4 is 24.0 Å². The van der Waals surface area contributed by atoms with Crippen LogP contribution in [0.3, 0.4) is 0 Å². The molecule has 5 heteroatoms. The van der Waals surface area contributed by atoms with Crippen molar-refractivity contribution in [2.75, 3.05) is 11.5 Å². The number of rotatable bonds is 1. The number of nitrogens with zero attached hydrogens (tertiary/aromatic N) is 1. The highest BCUT2D eigenvalue weighted by Gasteiger charge is 2.03. The summed E-state index contributed by atoms with van der Waals surface area (Å²) in [5, 5.41) is 0. The predicted octanol–water partition coefficient (Wildman–Crippen LogP) is 1.66. The van der Waals surface area contributed by atoms with E-state index in [0.29, 0.717) is 11.6 Å². The number of aromatic amines is 1. The second kappa shape index (κ2) is 4.02. The van der Waals surface area contributed by atoms with Crippen molar-refractivity contribution in [1.29, 1.82) is 0 Å². The summed E-state index contributed by atoms with van der Waals surface area (Å²) >= 11 is 0. The molecule has 0 saturated carbocycles. The molecule has 2 aromatic rings. The molecule has 0 spiro atoms. The Hall–Kier alpha value is -1.68. The standard InChI is InChI=1S/C9H10N4.ClH/c10-7-4-2-1-3-6(7)8-5-12-9(11)13-8;/h1-5H,10H2,(H3,11,12,13);1H. The van der Waals surface area contributed by atoms with Gasteiger partial charge in [0.15, 0.2) is 5.95 Å². The monoisotopic (exact) mass is 210 g/mol. The molecule has 0 atom stereocenters. The maximum Gasteiger partial charge on any atom is 0.197 e. The zero-order chi connectivity index (χ0) is 9.26. The molecule has 14 heavy (non-hydrogen) atoms. The molecule has 0 amide bonds. The Morgan fingerprint density at radius 2 is 1.86 bits per heavy atom. The maximum absolute atomic E-state index is 5.77. The van der Waals surface area contributed by atoms with Crippen LogP contribution in [0.1, 0.15) is 0 Å². The molecular weight excluding hydrogens is 200 g/mol. The number of nitrogens with two attached hydrogens (primary N) is 2. The number of imidazole rings is 1. The van der Waals surface area contributed by atoms with Crippen LogP contribution in [0.2, 0.25) is 0 Å². The Kier molecular flexibility index (Phi) is 2.99. The van der Waals surface area contributed by atoms with Gasteiger partial charge in [0, 0.05) is 11.3 Å². The summed E-state index contributed by atoms with van der Waals surface area (Å²) in [6.45, 7) is 0. The molecule has 1 heterocycles. The van der Waals surface area contributed by atoms with Crippen molar-refractivity contribution in [2.24, 2.45) is 0 Å². The van der Waals surface area contributed by atoms with Gasteiger partial charge in [0.2, 0.25) is 0 Å². The molecule has 0 saturated heterocycles. The minimum absolute atomic E-state index is 0. The number of hydrogen-bond donors (Lipinski definition) is 3. The van der Waals surface area contributed by atoms with Gasteiger partial charge in [0.05, 0.1) is 11.9 Å². The summed E-state index contributed by atoms with van der Waals surface area (Å²) in [5.41, 5.74) is 13.7. The Labute approximate surface area is 87.8 Å². The molecule has 74 valence electrons. The first kappa shape index (κ1) is 10.4. The zero-order valence-corrected chi connectivity index (χ0v) is 8.21. The third kappa shape index (κ3) is 1.80. The summed E-state index contributed by atoms with van der Waals surface area (Å²) in [4.78, 5) is 6.82. The number of benzene rings is 1. The molecule has 1 aromatic carbocycles. The Balaban J connectivity index is 0.000000980. The topological polar surface area (TPSA) is 80.7 Å². The van der Waals surface area contributed by atoms with Crippen LogP contribution in [-0.4, -0.2) is 9.97 Å². The van der Waals surface area contributed by atoms with Gasteiger partial charge in [0.25, 0.3) is 0 Å². The fourth-order valence-electron chi connectivity index (χ4n) is 1.22. The number of H-pyrrole nitrogens is 1. The highest BCUT2D eigenvalue weighted by Crippen LogP contribution is 2.23. The summed E-state index contributed by atoms with van der Waals surface area (Å²) < 4.78 is 0. The smallest absolute Gasteiger partial charge is 0.197 e. The summed E-state index contributed by atoms with van der Waals surface area (Å²) in [5.74, 6) is 0.401. The molecule has 0 radical (unpaired) electrons. The van der Waals surface area contributed by atoms with E-state index >= 15 is 0 Å². The van der Waals surface area contributed by atoms with Crippen molar-refractivity contribution in [3.8, 4) is 11.3 Å². The highest BCUT2D eigenvalue weighted by atomic mass is 35.5. The number of para-hydroxylation sites is 1. The minimum Gasteiger partial charge on any atom is -0.398 e. The largest absolute Gasteiger partial charge is 0.398 e. The first-order valence-corrected chi connectivity index (χ1v) is 3.93. The van der Waals surface area contributed by atoms with E-state index in [2.05, 4.69) is 9.97 Å². The van der Waals surface area contributed by atoms with Gasteiger partial charge in [-0.1, -0.05) is 18.2 Å². The van der Waals surface area contributed by atoms with E-state index in [1.54, 1.807) is 6.20 Å². The van der Waals surface area contributed by atoms with E-state index in [4.69, 9.17) is 11.5 Å². The molecule has 4 nitrogen and oxygen atoms in total. The van der Waals surface area contributed by atoms with Gasteiger partial charge in [0.1, 0.15) is 0 Å². The van der Waals surface area contributed by atoms with Crippen molar-refractivity contribution in [2.45, 2.75) is 0 Å². The third-order valence-corrected chi connectivity index (χ3v) is 1.85. The summed E-state index contributed by atoms with van der Waals surface area (Å²) in [6, 6.07) is 7.57. The number of nitrogen functional groups attached to an aromatic ring is 2.